The average molecular weight is 187 g/mol. The topological polar surface area (TPSA) is 64.6 Å². The van der Waals surface area contributed by atoms with Gasteiger partial charge in [-0.2, -0.15) is 0 Å². The van der Waals surface area contributed by atoms with Crippen LogP contribution in [0.1, 0.15) is 20.3 Å². The number of rotatable bonds is 2. The Morgan fingerprint density at radius 2 is 2.46 bits per heavy atom. The minimum atomic E-state index is -0.571. The van der Waals surface area contributed by atoms with E-state index in [1.54, 1.807) is 13.8 Å². The van der Waals surface area contributed by atoms with Crippen molar-refractivity contribution in [3.8, 4) is 0 Å². The van der Waals surface area contributed by atoms with E-state index >= 15 is 0 Å². The van der Waals surface area contributed by atoms with Gasteiger partial charge in [0.2, 0.25) is 0 Å². The molecular formula is C8H13NO4. The summed E-state index contributed by atoms with van der Waals surface area (Å²) in [5.74, 6) is -0.388. The SMILES string of the molecule is CCOC(=O)N[C@@H]1C[C@H](C)OC1=O. The Balaban J connectivity index is 2.37. The van der Waals surface area contributed by atoms with Gasteiger partial charge in [-0.15, -0.1) is 0 Å². The molecule has 0 radical (unpaired) electrons. The number of alkyl carbamates (subject to hydrolysis) is 1. The van der Waals surface area contributed by atoms with Crippen molar-refractivity contribution < 1.29 is 19.1 Å². The minimum absolute atomic E-state index is 0.126. The normalized spacial score (nSPS) is 26.8. The van der Waals surface area contributed by atoms with Crippen molar-refractivity contribution in [1.82, 2.24) is 5.32 Å². The van der Waals surface area contributed by atoms with Gasteiger partial charge in [-0.3, -0.25) is 0 Å². The summed E-state index contributed by atoms with van der Waals surface area (Å²) in [6.45, 7) is 3.78. The van der Waals surface area contributed by atoms with Crippen molar-refractivity contribution >= 4 is 12.1 Å². The number of hydrogen-bond acceptors (Lipinski definition) is 4. The molecule has 0 unspecified atom stereocenters. The summed E-state index contributed by atoms with van der Waals surface area (Å²) < 4.78 is 9.47. The number of carbonyl (C=O) groups is 2. The predicted molar refractivity (Wildman–Crippen MR) is 44.1 cm³/mol. The zero-order chi connectivity index (χ0) is 9.84. The van der Waals surface area contributed by atoms with Gasteiger partial charge in [0.1, 0.15) is 12.1 Å². The fourth-order valence-corrected chi connectivity index (χ4v) is 1.19. The molecular weight excluding hydrogens is 174 g/mol. The summed E-state index contributed by atoms with van der Waals surface area (Å²) in [6, 6.07) is -0.547. The maximum atomic E-state index is 11.0. The number of hydrogen-bond donors (Lipinski definition) is 1. The molecule has 0 bridgehead atoms. The number of esters is 1. The summed E-state index contributed by atoms with van der Waals surface area (Å²) in [6.07, 6.45) is -0.185. The predicted octanol–water partition coefficient (Wildman–Crippen LogP) is 0.437. The van der Waals surface area contributed by atoms with Gasteiger partial charge in [0.25, 0.3) is 0 Å². The molecule has 0 aliphatic carbocycles. The van der Waals surface area contributed by atoms with E-state index in [1.807, 2.05) is 0 Å². The molecule has 1 fully saturated rings. The van der Waals surface area contributed by atoms with Gasteiger partial charge in [-0.25, -0.2) is 9.59 Å². The molecule has 1 heterocycles. The van der Waals surface area contributed by atoms with E-state index in [2.05, 4.69) is 10.1 Å². The van der Waals surface area contributed by atoms with Crippen LogP contribution in [0.5, 0.6) is 0 Å². The van der Waals surface area contributed by atoms with Crippen molar-refractivity contribution in [2.45, 2.75) is 32.4 Å². The van der Waals surface area contributed by atoms with E-state index < -0.39 is 12.1 Å². The molecule has 1 rings (SSSR count). The monoisotopic (exact) mass is 187 g/mol. The van der Waals surface area contributed by atoms with E-state index in [0.29, 0.717) is 13.0 Å². The van der Waals surface area contributed by atoms with Crippen molar-refractivity contribution in [2.75, 3.05) is 6.61 Å². The van der Waals surface area contributed by atoms with E-state index in [0.717, 1.165) is 0 Å². The number of ether oxygens (including phenoxy) is 2. The third-order valence-corrected chi connectivity index (χ3v) is 1.74. The van der Waals surface area contributed by atoms with Gasteiger partial charge in [0.15, 0.2) is 0 Å². The third kappa shape index (κ3) is 2.61. The van der Waals surface area contributed by atoms with Gasteiger partial charge < -0.3 is 14.8 Å². The van der Waals surface area contributed by atoms with Gasteiger partial charge in [0.05, 0.1) is 6.61 Å². The fourth-order valence-electron chi connectivity index (χ4n) is 1.19. The maximum absolute atomic E-state index is 11.0. The first-order valence-corrected chi connectivity index (χ1v) is 4.27. The first-order valence-electron chi connectivity index (χ1n) is 4.27. The zero-order valence-corrected chi connectivity index (χ0v) is 7.70. The molecule has 13 heavy (non-hydrogen) atoms. The second-order valence-electron chi connectivity index (χ2n) is 2.90. The van der Waals surface area contributed by atoms with Gasteiger partial charge >= 0.3 is 12.1 Å². The highest BCUT2D eigenvalue weighted by molar-refractivity contribution is 5.82. The third-order valence-electron chi connectivity index (χ3n) is 1.74. The lowest BCUT2D eigenvalue weighted by molar-refractivity contribution is -0.142. The van der Waals surface area contributed by atoms with E-state index in [4.69, 9.17) is 4.74 Å². The molecule has 0 aromatic rings. The van der Waals surface area contributed by atoms with Crippen LogP contribution in [-0.2, 0) is 14.3 Å². The maximum Gasteiger partial charge on any atom is 0.407 e. The highest BCUT2D eigenvalue weighted by Gasteiger charge is 2.33. The van der Waals surface area contributed by atoms with Crippen LogP contribution in [0.15, 0.2) is 0 Å². The minimum Gasteiger partial charge on any atom is -0.461 e. The van der Waals surface area contributed by atoms with Gasteiger partial charge in [-0.1, -0.05) is 0 Å². The van der Waals surface area contributed by atoms with Crippen LogP contribution >= 0.6 is 0 Å². The quantitative estimate of drug-likeness (QED) is 0.637. The smallest absolute Gasteiger partial charge is 0.407 e. The number of amides is 1. The first-order chi connectivity index (χ1) is 6.13. The summed E-state index contributed by atoms with van der Waals surface area (Å²) >= 11 is 0. The van der Waals surface area contributed by atoms with Crippen LogP contribution in [-0.4, -0.2) is 30.8 Å². The molecule has 5 heteroatoms. The average Bonchev–Trinajstić information content (AvgIpc) is 2.30. The second kappa shape index (κ2) is 4.11. The molecule has 1 aliphatic rings. The van der Waals surface area contributed by atoms with Crippen molar-refractivity contribution in [2.24, 2.45) is 0 Å². The van der Waals surface area contributed by atoms with Crippen LogP contribution in [0.2, 0.25) is 0 Å². The molecule has 0 saturated carbocycles. The highest BCUT2D eigenvalue weighted by Crippen LogP contribution is 2.13. The van der Waals surface area contributed by atoms with E-state index in [1.165, 1.54) is 0 Å². The summed E-state index contributed by atoms with van der Waals surface area (Å²) in [5, 5.41) is 2.42. The number of nitrogens with one attached hydrogen (secondary N) is 1. The molecule has 1 amide bonds. The standard InChI is InChI=1S/C8H13NO4/c1-3-12-8(11)9-6-4-5(2)13-7(6)10/h5-6H,3-4H2,1-2H3,(H,9,11)/t5-,6+/m0/s1. The lowest BCUT2D eigenvalue weighted by Gasteiger charge is -2.07. The molecule has 1 N–H and O–H groups in total. The lowest BCUT2D eigenvalue weighted by atomic mass is 10.2. The molecule has 2 atom stereocenters. The first kappa shape index (κ1) is 9.83. The molecule has 0 spiro atoms. The molecule has 1 saturated heterocycles. The largest absolute Gasteiger partial charge is 0.461 e. The van der Waals surface area contributed by atoms with Crippen LogP contribution in [0.25, 0.3) is 0 Å². The molecule has 0 aromatic carbocycles. The summed E-state index contributed by atoms with van der Waals surface area (Å²) in [5.41, 5.74) is 0. The Labute approximate surface area is 76.4 Å². The molecule has 5 nitrogen and oxygen atoms in total. The van der Waals surface area contributed by atoms with E-state index in [-0.39, 0.29) is 12.1 Å². The summed E-state index contributed by atoms with van der Waals surface area (Å²) in [4.78, 5) is 21.9. The Hall–Kier alpha value is -1.26. The van der Waals surface area contributed by atoms with Crippen molar-refractivity contribution in [3.05, 3.63) is 0 Å². The zero-order valence-electron chi connectivity index (χ0n) is 7.70. The fraction of sp³-hybridized carbons (Fsp3) is 0.750. The van der Waals surface area contributed by atoms with Crippen molar-refractivity contribution in [3.63, 3.8) is 0 Å². The van der Waals surface area contributed by atoms with Crippen LogP contribution < -0.4 is 5.32 Å². The van der Waals surface area contributed by atoms with E-state index in [9.17, 15) is 9.59 Å². The molecule has 1 aliphatic heterocycles. The van der Waals surface area contributed by atoms with Crippen molar-refractivity contribution in [1.29, 1.82) is 0 Å². The van der Waals surface area contributed by atoms with Gasteiger partial charge in [0, 0.05) is 6.42 Å². The number of cyclic esters (lactones) is 1. The van der Waals surface area contributed by atoms with Crippen LogP contribution in [0.3, 0.4) is 0 Å². The lowest BCUT2D eigenvalue weighted by Crippen LogP contribution is -2.38. The van der Waals surface area contributed by atoms with Crippen LogP contribution in [0.4, 0.5) is 4.79 Å². The highest BCUT2D eigenvalue weighted by atomic mass is 16.6. The Kier molecular flexibility index (Phi) is 3.11. The molecule has 0 aromatic heterocycles. The molecule has 74 valence electrons. The Bertz CT molecular complexity index is 216. The summed E-state index contributed by atoms with van der Waals surface area (Å²) in [7, 11) is 0. The number of carbonyl (C=O) groups excluding carboxylic acids is 2. The van der Waals surface area contributed by atoms with Gasteiger partial charge in [-0.05, 0) is 13.8 Å². The Morgan fingerprint density at radius 3 is 2.92 bits per heavy atom. The second-order valence-corrected chi connectivity index (χ2v) is 2.90. The van der Waals surface area contributed by atoms with Crippen LogP contribution in [0, 0.1) is 0 Å². The Morgan fingerprint density at radius 1 is 1.77 bits per heavy atom.